The summed E-state index contributed by atoms with van der Waals surface area (Å²) in [5.74, 6) is -0.724. The molecule has 2 N–H and O–H groups in total. The Hall–Kier alpha value is -2.07. The van der Waals surface area contributed by atoms with E-state index >= 15 is 0 Å². The van der Waals surface area contributed by atoms with Crippen molar-refractivity contribution >= 4 is 33.3 Å². The molecule has 10 heteroatoms. The minimum atomic E-state index is -3.69. The molecule has 0 spiro atoms. The molecule has 0 atom stereocenters. The van der Waals surface area contributed by atoms with Gasteiger partial charge in [-0.05, 0) is 6.07 Å². The molecular formula is C12H17FN4O4S. The fourth-order valence-electron chi connectivity index (χ4n) is 2.02. The van der Waals surface area contributed by atoms with E-state index in [9.17, 15) is 17.6 Å². The predicted molar refractivity (Wildman–Crippen MR) is 81.0 cm³/mol. The van der Waals surface area contributed by atoms with E-state index in [1.54, 1.807) is 0 Å². The third kappa shape index (κ3) is 2.79. The second-order valence-electron chi connectivity index (χ2n) is 4.64. The van der Waals surface area contributed by atoms with Gasteiger partial charge >= 0.3 is 16.2 Å². The molecule has 22 heavy (non-hydrogen) atoms. The molecule has 2 rings (SSSR count). The lowest BCUT2D eigenvalue weighted by Gasteiger charge is -2.13. The zero-order valence-electron chi connectivity index (χ0n) is 12.4. The number of carbonyl (C=O) groups excluding carboxylic acids is 1. The number of nitrogens with zero attached hydrogens (tertiary/aromatic N) is 2. The van der Waals surface area contributed by atoms with E-state index in [0.29, 0.717) is 6.61 Å². The van der Waals surface area contributed by atoms with Crippen molar-refractivity contribution in [3.8, 4) is 0 Å². The van der Waals surface area contributed by atoms with Crippen molar-refractivity contribution in [2.45, 2.75) is 0 Å². The topological polar surface area (TPSA) is 91.0 Å². The van der Waals surface area contributed by atoms with Gasteiger partial charge in [-0.1, -0.05) is 0 Å². The number of benzene rings is 1. The number of hydrogen-bond acceptors (Lipinski definition) is 4. The van der Waals surface area contributed by atoms with Crippen LogP contribution in [-0.4, -0.2) is 48.8 Å². The average molecular weight is 332 g/mol. The fraction of sp³-hybridized carbons (Fsp3) is 0.417. The maximum Gasteiger partial charge on any atom is 0.326 e. The van der Waals surface area contributed by atoms with Gasteiger partial charge in [0.2, 0.25) is 0 Å². The number of methoxy groups -OCH3 is 1. The van der Waals surface area contributed by atoms with E-state index < -0.39 is 22.1 Å². The molecule has 0 saturated carbocycles. The molecule has 0 fully saturated rings. The molecule has 1 heterocycles. The quantitative estimate of drug-likeness (QED) is 0.795. The number of fused-ring (bicyclic) bond motifs is 1. The number of rotatable bonds is 4. The van der Waals surface area contributed by atoms with E-state index in [-0.39, 0.29) is 23.6 Å². The molecule has 0 unspecified atom stereocenters. The van der Waals surface area contributed by atoms with Gasteiger partial charge < -0.3 is 15.4 Å². The summed E-state index contributed by atoms with van der Waals surface area (Å²) >= 11 is 0. The maximum absolute atomic E-state index is 14.0. The smallest absolute Gasteiger partial charge is 0.326 e. The van der Waals surface area contributed by atoms with Gasteiger partial charge in [0.1, 0.15) is 5.82 Å². The van der Waals surface area contributed by atoms with Crippen molar-refractivity contribution in [1.82, 2.24) is 5.32 Å². The molecule has 0 aromatic heterocycles. The zero-order valence-corrected chi connectivity index (χ0v) is 13.2. The zero-order chi connectivity index (χ0) is 16.5. The van der Waals surface area contributed by atoms with Crippen LogP contribution in [0.2, 0.25) is 0 Å². The molecule has 122 valence electrons. The molecule has 0 bridgehead atoms. The van der Waals surface area contributed by atoms with E-state index in [1.165, 1.54) is 27.3 Å². The highest BCUT2D eigenvalue weighted by molar-refractivity contribution is 7.94. The molecular weight excluding hydrogens is 315 g/mol. The highest BCUT2D eigenvalue weighted by atomic mass is 32.2. The summed E-state index contributed by atoms with van der Waals surface area (Å²) in [5.41, 5.74) is 0.396. The van der Waals surface area contributed by atoms with Crippen LogP contribution in [-0.2, 0) is 14.9 Å². The van der Waals surface area contributed by atoms with Crippen LogP contribution in [0.25, 0.3) is 0 Å². The van der Waals surface area contributed by atoms with Crippen LogP contribution in [0, 0.1) is 5.82 Å². The van der Waals surface area contributed by atoms with Crippen LogP contribution in [0.1, 0.15) is 0 Å². The van der Waals surface area contributed by atoms with Crippen LogP contribution >= 0.6 is 0 Å². The van der Waals surface area contributed by atoms with Crippen molar-refractivity contribution < 1.29 is 22.3 Å². The van der Waals surface area contributed by atoms with Gasteiger partial charge in [-0.25, -0.2) is 9.18 Å². The van der Waals surface area contributed by atoms with Crippen LogP contribution in [0.4, 0.5) is 26.2 Å². The Kier molecular flexibility index (Phi) is 4.42. The fourth-order valence-corrected chi connectivity index (χ4v) is 3.17. The van der Waals surface area contributed by atoms with Gasteiger partial charge in [-0.3, -0.25) is 8.61 Å². The Morgan fingerprint density at radius 2 is 1.86 bits per heavy atom. The second kappa shape index (κ2) is 5.97. The Bertz CT molecular complexity index is 695. The van der Waals surface area contributed by atoms with Gasteiger partial charge in [-0.15, -0.1) is 0 Å². The number of amides is 2. The first-order valence-corrected chi connectivity index (χ1v) is 7.79. The Morgan fingerprint density at radius 1 is 1.27 bits per heavy atom. The first-order chi connectivity index (χ1) is 10.3. The Labute approximate surface area is 128 Å². The normalized spacial score (nSPS) is 15.6. The number of anilines is 3. The number of nitrogens with one attached hydrogen (secondary N) is 2. The third-order valence-corrected chi connectivity index (χ3v) is 5.05. The third-order valence-electron chi connectivity index (χ3n) is 3.27. The summed E-state index contributed by atoms with van der Waals surface area (Å²) in [4.78, 5) is 11.6. The summed E-state index contributed by atoms with van der Waals surface area (Å²) in [6.07, 6.45) is 0. The van der Waals surface area contributed by atoms with Gasteiger partial charge in [0.25, 0.3) is 0 Å². The summed E-state index contributed by atoms with van der Waals surface area (Å²) in [7, 11) is 0.499. The maximum atomic E-state index is 14.0. The lowest BCUT2D eigenvalue weighted by molar-refractivity contribution is 0.198. The number of carbonyl (C=O) groups is 1. The van der Waals surface area contributed by atoms with Crippen LogP contribution in [0.3, 0.4) is 0 Å². The lowest BCUT2D eigenvalue weighted by Crippen LogP contribution is -2.32. The molecule has 0 radical (unpaired) electrons. The Balaban J connectivity index is 2.23. The summed E-state index contributed by atoms with van der Waals surface area (Å²) in [6.45, 7) is 0.595. The second-order valence-corrected chi connectivity index (χ2v) is 6.63. The van der Waals surface area contributed by atoms with Crippen molar-refractivity contribution in [3.63, 3.8) is 0 Å². The van der Waals surface area contributed by atoms with E-state index in [0.717, 1.165) is 14.7 Å². The van der Waals surface area contributed by atoms with Crippen molar-refractivity contribution in [1.29, 1.82) is 0 Å². The molecule has 1 aromatic carbocycles. The first kappa shape index (κ1) is 16.3. The highest BCUT2D eigenvalue weighted by Gasteiger charge is 2.36. The predicted octanol–water partition coefficient (Wildman–Crippen LogP) is 0.724. The number of urea groups is 1. The minimum absolute atomic E-state index is 0.106. The van der Waals surface area contributed by atoms with Gasteiger partial charge in [0.05, 0.1) is 23.7 Å². The average Bonchev–Trinajstić information content (AvgIpc) is 2.62. The largest absolute Gasteiger partial charge is 0.383 e. The molecule has 1 aliphatic heterocycles. The summed E-state index contributed by atoms with van der Waals surface area (Å²) < 4.78 is 44.8. The van der Waals surface area contributed by atoms with E-state index in [1.807, 2.05) is 0 Å². The standard InChI is InChI=1S/C12H17FN4O4S/c1-16-10-6-8(13)9(15-12(18)14-4-5-21-3)7-11(10)17(2)22(16,19)20/h6-7H,4-5H2,1-3H3,(H2,14,15,18). The van der Waals surface area contributed by atoms with Gasteiger partial charge in [-0.2, -0.15) is 8.42 Å². The molecule has 1 aromatic rings. The van der Waals surface area contributed by atoms with E-state index in [2.05, 4.69) is 10.6 Å². The number of halogens is 1. The van der Waals surface area contributed by atoms with Gasteiger partial charge in [0.15, 0.2) is 0 Å². The van der Waals surface area contributed by atoms with Crippen LogP contribution in [0.5, 0.6) is 0 Å². The van der Waals surface area contributed by atoms with Crippen molar-refractivity contribution in [2.24, 2.45) is 0 Å². The van der Waals surface area contributed by atoms with Gasteiger partial charge in [0, 0.05) is 33.8 Å². The van der Waals surface area contributed by atoms with Crippen molar-refractivity contribution in [2.75, 3.05) is 48.3 Å². The first-order valence-electron chi connectivity index (χ1n) is 6.39. The van der Waals surface area contributed by atoms with Crippen LogP contribution in [0.15, 0.2) is 12.1 Å². The molecule has 1 aliphatic rings. The highest BCUT2D eigenvalue weighted by Crippen LogP contribution is 2.41. The minimum Gasteiger partial charge on any atom is -0.383 e. The summed E-state index contributed by atoms with van der Waals surface area (Å²) in [6, 6.07) is 1.75. The number of ether oxygens (including phenoxy) is 1. The molecule has 2 amide bonds. The van der Waals surface area contributed by atoms with Crippen molar-refractivity contribution in [3.05, 3.63) is 17.9 Å². The summed E-state index contributed by atoms with van der Waals surface area (Å²) in [5, 5.41) is 4.82. The SMILES string of the molecule is COCCNC(=O)Nc1cc2c(cc1F)N(C)S(=O)(=O)N2C. The molecule has 0 saturated heterocycles. The monoisotopic (exact) mass is 332 g/mol. The Morgan fingerprint density at radius 3 is 2.45 bits per heavy atom. The molecule has 8 nitrogen and oxygen atoms in total. The molecule has 0 aliphatic carbocycles. The van der Waals surface area contributed by atoms with Crippen LogP contribution < -0.4 is 19.2 Å². The number of hydrogen-bond donors (Lipinski definition) is 2. The lowest BCUT2D eigenvalue weighted by atomic mass is 10.2. The van der Waals surface area contributed by atoms with E-state index in [4.69, 9.17) is 4.74 Å².